The summed E-state index contributed by atoms with van der Waals surface area (Å²) in [5, 5.41) is 2.28. The summed E-state index contributed by atoms with van der Waals surface area (Å²) in [4.78, 5) is 0. The smallest absolute Gasteiger partial charge is 0.131 e. The Labute approximate surface area is 187 Å². The van der Waals surface area contributed by atoms with Gasteiger partial charge in [-0.25, -0.2) is 13.2 Å². The molecule has 0 nitrogen and oxygen atoms in total. The van der Waals surface area contributed by atoms with Gasteiger partial charge < -0.3 is 0 Å². The van der Waals surface area contributed by atoms with E-state index in [1.54, 1.807) is 12.1 Å². The van der Waals surface area contributed by atoms with Gasteiger partial charge >= 0.3 is 0 Å². The van der Waals surface area contributed by atoms with Gasteiger partial charge in [-0.15, -0.1) is 0 Å². The topological polar surface area (TPSA) is 0 Å². The van der Waals surface area contributed by atoms with Crippen LogP contribution in [0, 0.1) is 17.5 Å². The molecule has 0 atom stereocenters. The lowest BCUT2D eigenvalue weighted by atomic mass is 9.96. The molecule has 0 aliphatic heterocycles. The predicted octanol–water partition coefficient (Wildman–Crippen LogP) is 9.10. The Morgan fingerprint density at radius 2 is 1.22 bits per heavy atom. The van der Waals surface area contributed by atoms with E-state index in [1.807, 2.05) is 6.07 Å². The second-order valence-corrected chi connectivity index (χ2v) is 8.41. The zero-order chi connectivity index (χ0) is 22.5. The number of halogens is 3. The van der Waals surface area contributed by atoms with E-state index in [4.69, 9.17) is 0 Å². The van der Waals surface area contributed by atoms with E-state index in [-0.39, 0.29) is 11.1 Å². The summed E-state index contributed by atoms with van der Waals surface area (Å²) in [6.45, 7) is 2.23. The molecule has 0 heterocycles. The minimum Gasteiger partial charge on any atom is -0.207 e. The zero-order valence-electron chi connectivity index (χ0n) is 18.3. The van der Waals surface area contributed by atoms with Crippen molar-refractivity contribution in [2.45, 2.75) is 45.4 Å². The SMILES string of the molecule is CCCCCCCc1ccc2cc(-c3ccc(-c4cc(F)cc(F)c4)c(F)c3)ccc2c1. The Bertz CT molecular complexity index is 1210. The van der Waals surface area contributed by atoms with Gasteiger partial charge in [-0.1, -0.05) is 75.1 Å². The van der Waals surface area contributed by atoms with Gasteiger partial charge in [0.2, 0.25) is 0 Å². The monoisotopic (exact) mass is 432 g/mol. The van der Waals surface area contributed by atoms with Gasteiger partial charge in [0.15, 0.2) is 0 Å². The van der Waals surface area contributed by atoms with Crippen molar-refractivity contribution in [2.24, 2.45) is 0 Å². The molecule has 4 aromatic carbocycles. The van der Waals surface area contributed by atoms with Crippen LogP contribution in [-0.4, -0.2) is 0 Å². The predicted molar refractivity (Wildman–Crippen MR) is 127 cm³/mol. The molecule has 0 amide bonds. The quantitative estimate of drug-likeness (QED) is 0.244. The third kappa shape index (κ3) is 5.21. The van der Waals surface area contributed by atoms with Crippen LogP contribution in [0.25, 0.3) is 33.0 Å². The highest BCUT2D eigenvalue weighted by molar-refractivity contribution is 5.88. The van der Waals surface area contributed by atoms with Crippen molar-refractivity contribution >= 4 is 10.8 Å². The highest BCUT2D eigenvalue weighted by Crippen LogP contribution is 2.31. The first kappa shape index (κ1) is 22.1. The van der Waals surface area contributed by atoms with E-state index in [0.717, 1.165) is 41.1 Å². The molecule has 0 radical (unpaired) electrons. The van der Waals surface area contributed by atoms with Crippen molar-refractivity contribution in [3.63, 3.8) is 0 Å². The molecule has 0 saturated carbocycles. The minimum atomic E-state index is -0.724. The standard InChI is InChI=1S/C29H27F3/c1-2-3-4-5-6-7-20-8-9-22-15-23(11-10-21(22)14-20)24-12-13-28(29(32)18-24)25-16-26(30)19-27(31)17-25/h8-19H,2-7H2,1H3. The Morgan fingerprint density at radius 1 is 0.562 bits per heavy atom. The number of rotatable bonds is 8. The first-order chi connectivity index (χ1) is 15.5. The first-order valence-corrected chi connectivity index (χ1v) is 11.3. The summed E-state index contributed by atoms with van der Waals surface area (Å²) in [6, 6.07) is 20.5. The number of hydrogen-bond acceptors (Lipinski definition) is 0. The molecule has 0 aliphatic carbocycles. The molecule has 0 bridgehead atoms. The third-order valence-corrected chi connectivity index (χ3v) is 5.95. The van der Waals surface area contributed by atoms with Crippen molar-refractivity contribution in [2.75, 3.05) is 0 Å². The molecule has 4 rings (SSSR count). The molecule has 3 heteroatoms. The van der Waals surface area contributed by atoms with Crippen molar-refractivity contribution in [3.8, 4) is 22.3 Å². The largest absolute Gasteiger partial charge is 0.207 e. The van der Waals surface area contributed by atoms with E-state index in [2.05, 4.69) is 37.3 Å². The van der Waals surface area contributed by atoms with Crippen LogP contribution in [-0.2, 0) is 6.42 Å². The fraction of sp³-hybridized carbons (Fsp3) is 0.241. The summed E-state index contributed by atoms with van der Waals surface area (Å²) in [7, 11) is 0. The van der Waals surface area contributed by atoms with E-state index in [1.165, 1.54) is 49.1 Å². The van der Waals surface area contributed by atoms with Crippen LogP contribution in [0.15, 0.2) is 72.8 Å². The van der Waals surface area contributed by atoms with E-state index < -0.39 is 17.5 Å². The lowest BCUT2D eigenvalue weighted by molar-refractivity contribution is 0.583. The Kier molecular flexibility index (Phi) is 6.94. The van der Waals surface area contributed by atoms with Crippen LogP contribution in [0.3, 0.4) is 0 Å². The minimum absolute atomic E-state index is 0.177. The molecule has 0 N–H and O–H groups in total. The van der Waals surface area contributed by atoms with Crippen LogP contribution in [0.2, 0.25) is 0 Å². The molecule has 0 fully saturated rings. The van der Waals surface area contributed by atoms with Crippen LogP contribution in [0.4, 0.5) is 13.2 Å². The van der Waals surface area contributed by atoms with Crippen LogP contribution >= 0.6 is 0 Å². The number of fused-ring (bicyclic) bond motifs is 1. The van der Waals surface area contributed by atoms with Gasteiger partial charge in [-0.05, 0) is 70.1 Å². The van der Waals surface area contributed by atoms with Gasteiger partial charge in [0.05, 0.1) is 0 Å². The molecular weight excluding hydrogens is 405 g/mol. The maximum atomic E-state index is 14.8. The first-order valence-electron chi connectivity index (χ1n) is 11.3. The Hall–Kier alpha value is -3.07. The number of hydrogen-bond donors (Lipinski definition) is 0. The average molecular weight is 433 g/mol. The average Bonchev–Trinajstić information content (AvgIpc) is 2.78. The van der Waals surface area contributed by atoms with E-state index in [9.17, 15) is 13.2 Å². The van der Waals surface area contributed by atoms with Crippen LogP contribution in [0.5, 0.6) is 0 Å². The normalized spacial score (nSPS) is 11.2. The van der Waals surface area contributed by atoms with Crippen molar-refractivity contribution < 1.29 is 13.2 Å². The van der Waals surface area contributed by atoms with Gasteiger partial charge in [0.1, 0.15) is 17.5 Å². The zero-order valence-corrected chi connectivity index (χ0v) is 18.3. The maximum Gasteiger partial charge on any atom is 0.131 e. The summed E-state index contributed by atoms with van der Waals surface area (Å²) >= 11 is 0. The van der Waals surface area contributed by atoms with E-state index >= 15 is 0 Å². The molecule has 0 unspecified atom stereocenters. The number of aryl methyl sites for hydroxylation is 1. The van der Waals surface area contributed by atoms with E-state index in [0.29, 0.717) is 0 Å². The van der Waals surface area contributed by atoms with Crippen molar-refractivity contribution in [1.29, 1.82) is 0 Å². The molecule has 32 heavy (non-hydrogen) atoms. The Morgan fingerprint density at radius 3 is 1.97 bits per heavy atom. The lowest BCUT2D eigenvalue weighted by Gasteiger charge is -2.09. The summed E-state index contributed by atoms with van der Waals surface area (Å²) in [5.74, 6) is -1.96. The molecule has 0 spiro atoms. The molecule has 4 aromatic rings. The Balaban J connectivity index is 1.54. The van der Waals surface area contributed by atoms with Crippen LogP contribution < -0.4 is 0 Å². The highest BCUT2D eigenvalue weighted by atomic mass is 19.1. The summed E-state index contributed by atoms with van der Waals surface area (Å²) in [6.07, 6.45) is 7.44. The summed E-state index contributed by atoms with van der Waals surface area (Å²) < 4.78 is 41.8. The fourth-order valence-electron chi connectivity index (χ4n) is 4.20. The van der Waals surface area contributed by atoms with Crippen molar-refractivity contribution in [1.82, 2.24) is 0 Å². The van der Waals surface area contributed by atoms with Crippen LogP contribution in [0.1, 0.15) is 44.6 Å². The summed E-state index contributed by atoms with van der Waals surface area (Å²) in [5.41, 5.74) is 3.34. The lowest BCUT2D eigenvalue weighted by Crippen LogP contribution is -1.90. The van der Waals surface area contributed by atoms with Gasteiger partial charge in [0.25, 0.3) is 0 Å². The maximum absolute atomic E-state index is 14.8. The fourth-order valence-corrected chi connectivity index (χ4v) is 4.20. The molecule has 0 saturated heterocycles. The number of benzene rings is 4. The second kappa shape index (κ2) is 10.0. The molecule has 0 aromatic heterocycles. The molecule has 0 aliphatic rings. The molecular formula is C29H27F3. The highest BCUT2D eigenvalue weighted by Gasteiger charge is 2.10. The number of unbranched alkanes of at least 4 members (excludes halogenated alkanes) is 4. The van der Waals surface area contributed by atoms with Gasteiger partial charge in [-0.3, -0.25) is 0 Å². The van der Waals surface area contributed by atoms with Gasteiger partial charge in [0, 0.05) is 11.6 Å². The second-order valence-electron chi connectivity index (χ2n) is 8.41. The molecule has 164 valence electrons. The van der Waals surface area contributed by atoms with Crippen molar-refractivity contribution in [3.05, 3.63) is 95.8 Å². The van der Waals surface area contributed by atoms with Gasteiger partial charge in [-0.2, -0.15) is 0 Å². The third-order valence-electron chi connectivity index (χ3n) is 5.95.